The Morgan fingerprint density at radius 2 is 1.91 bits per heavy atom. The molecule has 2 aromatic carbocycles. The number of aromatic nitrogens is 3. The van der Waals surface area contributed by atoms with E-state index in [1.807, 2.05) is 19.6 Å². The van der Waals surface area contributed by atoms with Gasteiger partial charge in [0.2, 0.25) is 0 Å². The van der Waals surface area contributed by atoms with Crippen molar-refractivity contribution in [3.8, 4) is 0 Å². The highest BCUT2D eigenvalue weighted by Crippen LogP contribution is 2.30. The Morgan fingerprint density at radius 1 is 1.12 bits per heavy atom. The summed E-state index contributed by atoms with van der Waals surface area (Å²) >= 11 is 0. The van der Waals surface area contributed by atoms with Gasteiger partial charge >= 0.3 is 0 Å². The number of imidazole rings is 1. The molecule has 0 bridgehead atoms. The smallest absolute Gasteiger partial charge is 0.0945 e. The van der Waals surface area contributed by atoms with Gasteiger partial charge in [-0.25, -0.2) is 4.98 Å². The summed E-state index contributed by atoms with van der Waals surface area (Å²) in [5, 5.41) is 11.4. The van der Waals surface area contributed by atoms with E-state index in [0.717, 1.165) is 23.3 Å². The zero-order valence-corrected chi connectivity index (χ0v) is 19.1. The number of anilines is 1. The first-order valence-electron chi connectivity index (χ1n) is 10.8. The fourth-order valence-electron chi connectivity index (χ4n) is 4.23. The van der Waals surface area contributed by atoms with Crippen LogP contribution < -0.4 is 5.32 Å². The molecule has 2 N–H and O–H groups in total. The highest BCUT2D eigenvalue weighted by atomic mass is 15.0. The molecule has 0 aliphatic carbocycles. The first-order chi connectivity index (χ1) is 15.5. The van der Waals surface area contributed by atoms with Crippen LogP contribution in [0.4, 0.5) is 5.69 Å². The van der Waals surface area contributed by atoms with Crippen molar-refractivity contribution in [1.29, 1.82) is 5.41 Å². The van der Waals surface area contributed by atoms with Gasteiger partial charge in [0.25, 0.3) is 0 Å². The van der Waals surface area contributed by atoms with Gasteiger partial charge in [-0.3, -0.25) is 4.98 Å². The maximum Gasteiger partial charge on any atom is 0.0945 e. The SMILES string of the molecule is Cc1nc2ccc(C(C)c3cncn3C)cc2c(C)c1Cc1ccc(N/C=C\C=N)cc1. The van der Waals surface area contributed by atoms with Crippen LogP contribution in [0.5, 0.6) is 0 Å². The first kappa shape index (κ1) is 21.5. The minimum atomic E-state index is 0.262. The molecule has 0 amide bonds. The van der Waals surface area contributed by atoms with Gasteiger partial charge in [-0.1, -0.05) is 25.1 Å². The lowest BCUT2D eigenvalue weighted by molar-refractivity contribution is 0.769. The molecule has 0 radical (unpaired) electrons. The number of rotatable bonds is 7. The van der Waals surface area contributed by atoms with E-state index in [9.17, 15) is 0 Å². The number of nitrogens with zero attached hydrogens (tertiary/aromatic N) is 3. The lowest BCUT2D eigenvalue weighted by atomic mass is 9.92. The topological polar surface area (TPSA) is 66.6 Å². The molecule has 5 nitrogen and oxygen atoms in total. The molecule has 2 heterocycles. The van der Waals surface area contributed by atoms with Crippen molar-refractivity contribution in [3.63, 3.8) is 0 Å². The van der Waals surface area contributed by atoms with E-state index in [-0.39, 0.29) is 5.92 Å². The molecule has 5 heteroatoms. The minimum Gasteiger partial charge on any atom is -0.362 e. The van der Waals surface area contributed by atoms with Gasteiger partial charge in [0.05, 0.1) is 11.8 Å². The predicted molar refractivity (Wildman–Crippen MR) is 133 cm³/mol. The number of hydrogen-bond acceptors (Lipinski definition) is 4. The van der Waals surface area contributed by atoms with Crippen LogP contribution in [0.1, 0.15) is 46.5 Å². The summed E-state index contributed by atoms with van der Waals surface area (Å²) < 4.78 is 2.08. The molecule has 0 fully saturated rings. The molecule has 0 spiro atoms. The second-order valence-corrected chi connectivity index (χ2v) is 8.27. The van der Waals surface area contributed by atoms with Crippen molar-refractivity contribution in [3.05, 3.63) is 101 Å². The second-order valence-electron chi connectivity index (χ2n) is 8.27. The summed E-state index contributed by atoms with van der Waals surface area (Å²) in [6.07, 6.45) is 9.31. The summed E-state index contributed by atoms with van der Waals surface area (Å²) in [4.78, 5) is 9.20. The molecule has 32 heavy (non-hydrogen) atoms. The van der Waals surface area contributed by atoms with Crippen LogP contribution in [0.2, 0.25) is 0 Å². The first-order valence-corrected chi connectivity index (χ1v) is 10.8. The van der Waals surface area contributed by atoms with Crippen LogP contribution in [0.3, 0.4) is 0 Å². The van der Waals surface area contributed by atoms with Crippen molar-refractivity contribution >= 4 is 22.8 Å². The van der Waals surface area contributed by atoms with Crippen molar-refractivity contribution in [2.75, 3.05) is 5.32 Å². The van der Waals surface area contributed by atoms with E-state index in [2.05, 4.69) is 78.1 Å². The van der Waals surface area contributed by atoms with Gasteiger partial charge in [0.15, 0.2) is 0 Å². The van der Waals surface area contributed by atoms with Crippen molar-refractivity contribution in [1.82, 2.24) is 14.5 Å². The average Bonchev–Trinajstić information content (AvgIpc) is 3.23. The van der Waals surface area contributed by atoms with Crippen LogP contribution >= 0.6 is 0 Å². The average molecular weight is 424 g/mol. The molecule has 4 rings (SSSR count). The van der Waals surface area contributed by atoms with Crippen LogP contribution in [0, 0.1) is 19.3 Å². The molecule has 0 aliphatic heterocycles. The normalized spacial score (nSPS) is 12.4. The Bertz CT molecular complexity index is 1280. The largest absolute Gasteiger partial charge is 0.362 e. The zero-order valence-electron chi connectivity index (χ0n) is 19.1. The number of nitrogens with one attached hydrogen (secondary N) is 2. The Labute approximate surface area is 189 Å². The van der Waals surface area contributed by atoms with Gasteiger partial charge < -0.3 is 15.3 Å². The third-order valence-corrected chi connectivity index (χ3v) is 6.18. The molecule has 1 unspecified atom stereocenters. The molecule has 1 atom stereocenters. The third-order valence-electron chi connectivity index (χ3n) is 6.18. The number of fused-ring (bicyclic) bond motifs is 1. The fourth-order valence-corrected chi connectivity index (χ4v) is 4.23. The minimum absolute atomic E-state index is 0.262. The molecule has 0 saturated heterocycles. The summed E-state index contributed by atoms with van der Waals surface area (Å²) in [5.41, 5.74) is 9.43. The Hall–Kier alpha value is -3.73. The highest BCUT2D eigenvalue weighted by molar-refractivity contribution is 5.84. The summed E-state index contributed by atoms with van der Waals surface area (Å²) in [5.74, 6) is 0.262. The summed E-state index contributed by atoms with van der Waals surface area (Å²) in [7, 11) is 2.04. The molecule has 162 valence electrons. The molecule has 4 aromatic rings. The number of pyridine rings is 1. The maximum absolute atomic E-state index is 7.05. The van der Waals surface area contributed by atoms with Crippen LogP contribution in [0.15, 0.2) is 67.3 Å². The Kier molecular flexibility index (Phi) is 6.17. The highest BCUT2D eigenvalue weighted by Gasteiger charge is 2.15. The Balaban J connectivity index is 1.65. The number of benzene rings is 2. The van der Waals surface area contributed by atoms with Crippen LogP contribution in [-0.4, -0.2) is 20.7 Å². The number of hydrogen-bond donors (Lipinski definition) is 2. The monoisotopic (exact) mass is 423 g/mol. The molecular formula is C27H29N5. The summed E-state index contributed by atoms with van der Waals surface area (Å²) in [6, 6.07) is 15.0. The van der Waals surface area contributed by atoms with E-state index >= 15 is 0 Å². The fraction of sp³-hybridized carbons (Fsp3) is 0.222. The number of aryl methyl sites for hydroxylation is 3. The molecule has 2 aromatic heterocycles. The standard InChI is InChI=1S/C27H29N5/c1-18(27-16-29-17-32(27)4)22-8-11-26-25(15-22)19(2)24(20(3)31-26)14-21-6-9-23(10-7-21)30-13-5-12-28/h5-13,15-18,28,30H,14H2,1-4H3/b13-5-,28-12?. The van der Waals surface area contributed by atoms with Gasteiger partial charge in [0, 0.05) is 54.0 Å². The quantitative estimate of drug-likeness (QED) is 0.364. The van der Waals surface area contributed by atoms with E-state index < -0.39 is 0 Å². The van der Waals surface area contributed by atoms with E-state index in [1.54, 1.807) is 12.3 Å². The van der Waals surface area contributed by atoms with Crippen LogP contribution in [0.25, 0.3) is 10.9 Å². The third kappa shape index (κ3) is 4.33. The lowest BCUT2D eigenvalue weighted by Gasteiger charge is -2.17. The van der Waals surface area contributed by atoms with E-state index in [4.69, 9.17) is 10.4 Å². The van der Waals surface area contributed by atoms with E-state index in [0.29, 0.717) is 0 Å². The predicted octanol–water partition coefficient (Wildman–Crippen LogP) is 5.90. The van der Waals surface area contributed by atoms with E-state index in [1.165, 1.54) is 39.5 Å². The van der Waals surface area contributed by atoms with Crippen molar-refractivity contribution in [2.24, 2.45) is 7.05 Å². The van der Waals surface area contributed by atoms with Gasteiger partial charge in [-0.15, -0.1) is 0 Å². The second kappa shape index (κ2) is 9.18. The van der Waals surface area contributed by atoms with Crippen molar-refractivity contribution < 1.29 is 0 Å². The Morgan fingerprint density at radius 3 is 2.59 bits per heavy atom. The van der Waals surface area contributed by atoms with Gasteiger partial charge in [-0.05, 0) is 72.9 Å². The molecular weight excluding hydrogens is 394 g/mol. The maximum atomic E-state index is 7.05. The zero-order chi connectivity index (χ0) is 22.7. The van der Waals surface area contributed by atoms with Gasteiger partial charge in [0.1, 0.15) is 0 Å². The van der Waals surface area contributed by atoms with Gasteiger partial charge in [-0.2, -0.15) is 0 Å². The molecule has 0 saturated carbocycles. The lowest BCUT2D eigenvalue weighted by Crippen LogP contribution is -2.04. The number of allylic oxidation sites excluding steroid dienone is 1. The van der Waals surface area contributed by atoms with Crippen molar-refractivity contribution in [2.45, 2.75) is 33.1 Å². The van der Waals surface area contributed by atoms with Crippen LogP contribution in [-0.2, 0) is 13.5 Å². The summed E-state index contributed by atoms with van der Waals surface area (Å²) in [6.45, 7) is 6.54. The molecule has 0 aliphatic rings.